The van der Waals surface area contributed by atoms with Gasteiger partial charge >= 0.3 is 0 Å². The summed E-state index contributed by atoms with van der Waals surface area (Å²) in [5.74, 6) is 0.768. The van der Waals surface area contributed by atoms with Crippen LogP contribution in [-0.2, 0) is 11.2 Å². The van der Waals surface area contributed by atoms with Crippen molar-refractivity contribution in [3.63, 3.8) is 0 Å². The van der Waals surface area contributed by atoms with Crippen molar-refractivity contribution in [3.05, 3.63) is 23.8 Å². The first-order valence-electron chi connectivity index (χ1n) is 6.11. The molecule has 0 fully saturated rings. The lowest BCUT2D eigenvalue weighted by molar-refractivity contribution is -0.117. The molecule has 1 aromatic rings. The zero-order chi connectivity index (χ0) is 13.8. The van der Waals surface area contributed by atoms with E-state index in [4.69, 9.17) is 10.5 Å². The standard InChI is InChI=1S/C14H22N2O2/c1-5-10-8-11(6-7-12(10)18-4)16-13(17)9-14(2,3)15/h6-8H,5,9,15H2,1-4H3,(H,16,17). The molecule has 0 aromatic heterocycles. The smallest absolute Gasteiger partial charge is 0.226 e. The van der Waals surface area contributed by atoms with Crippen LogP contribution in [0.4, 0.5) is 5.69 Å². The molecule has 0 atom stereocenters. The van der Waals surface area contributed by atoms with Crippen LogP contribution in [0.5, 0.6) is 5.75 Å². The fourth-order valence-corrected chi connectivity index (χ4v) is 1.75. The number of carbonyl (C=O) groups excluding carboxylic acids is 1. The Morgan fingerprint density at radius 3 is 2.61 bits per heavy atom. The van der Waals surface area contributed by atoms with Crippen LogP contribution >= 0.6 is 0 Å². The average molecular weight is 250 g/mol. The number of rotatable bonds is 5. The van der Waals surface area contributed by atoms with Gasteiger partial charge < -0.3 is 15.8 Å². The Bertz CT molecular complexity index is 422. The molecule has 1 aromatic carbocycles. The number of nitrogens with two attached hydrogens (primary N) is 1. The zero-order valence-electron chi connectivity index (χ0n) is 11.5. The molecule has 0 aliphatic rings. The van der Waals surface area contributed by atoms with Crippen molar-refractivity contribution in [1.82, 2.24) is 0 Å². The fourth-order valence-electron chi connectivity index (χ4n) is 1.75. The normalized spacial score (nSPS) is 11.2. The summed E-state index contributed by atoms with van der Waals surface area (Å²) >= 11 is 0. The van der Waals surface area contributed by atoms with Gasteiger partial charge in [-0.15, -0.1) is 0 Å². The van der Waals surface area contributed by atoms with E-state index in [9.17, 15) is 4.79 Å². The second kappa shape index (κ2) is 5.87. The van der Waals surface area contributed by atoms with Gasteiger partial charge in [0.25, 0.3) is 0 Å². The van der Waals surface area contributed by atoms with E-state index in [-0.39, 0.29) is 5.91 Å². The predicted octanol–water partition coefficient (Wildman–Crippen LogP) is 2.32. The number of hydrogen-bond donors (Lipinski definition) is 2. The molecule has 1 amide bonds. The highest BCUT2D eigenvalue weighted by molar-refractivity contribution is 5.91. The minimum atomic E-state index is -0.496. The van der Waals surface area contributed by atoms with Gasteiger partial charge in [0.05, 0.1) is 7.11 Å². The van der Waals surface area contributed by atoms with Gasteiger partial charge in [-0.25, -0.2) is 0 Å². The number of carbonyl (C=O) groups is 1. The molecule has 4 heteroatoms. The van der Waals surface area contributed by atoms with Gasteiger partial charge in [0, 0.05) is 17.6 Å². The van der Waals surface area contributed by atoms with Crippen LogP contribution < -0.4 is 15.8 Å². The molecule has 0 bridgehead atoms. The molecule has 0 radical (unpaired) electrons. The average Bonchev–Trinajstić information content (AvgIpc) is 2.26. The summed E-state index contributed by atoms with van der Waals surface area (Å²) in [6.45, 7) is 5.71. The Hall–Kier alpha value is -1.55. The number of nitrogens with one attached hydrogen (secondary N) is 1. The number of methoxy groups -OCH3 is 1. The quantitative estimate of drug-likeness (QED) is 0.843. The maximum absolute atomic E-state index is 11.8. The predicted molar refractivity (Wildman–Crippen MR) is 73.9 cm³/mol. The SMILES string of the molecule is CCc1cc(NC(=O)CC(C)(C)N)ccc1OC. The number of amides is 1. The molecular formula is C14H22N2O2. The molecule has 0 saturated carbocycles. The maximum Gasteiger partial charge on any atom is 0.226 e. The monoisotopic (exact) mass is 250 g/mol. The number of aryl methyl sites for hydroxylation is 1. The van der Waals surface area contributed by atoms with E-state index in [1.807, 2.05) is 39.0 Å². The van der Waals surface area contributed by atoms with Gasteiger partial charge in [-0.1, -0.05) is 6.92 Å². The molecule has 4 nitrogen and oxygen atoms in total. The van der Waals surface area contributed by atoms with Crippen molar-refractivity contribution >= 4 is 11.6 Å². The van der Waals surface area contributed by atoms with Crippen LogP contribution in [-0.4, -0.2) is 18.6 Å². The van der Waals surface area contributed by atoms with E-state index in [1.165, 1.54) is 0 Å². The largest absolute Gasteiger partial charge is 0.496 e. The van der Waals surface area contributed by atoms with E-state index in [0.717, 1.165) is 23.4 Å². The van der Waals surface area contributed by atoms with Crippen LogP contribution in [0.2, 0.25) is 0 Å². The third-order valence-corrected chi connectivity index (χ3v) is 2.56. The molecule has 0 unspecified atom stereocenters. The van der Waals surface area contributed by atoms with Crippen molar-refractivity contribution in [1.29, 1.82) is 0 Å². The van der Waals surface area contributed by atoms with E-state index >= 15 is 0 Å². The number of benzene rings is 1. The highest BCUT2D eigenvalue weighted by atomic mass is 16.5. The van der Waals surface area contributed by atoms with Gasteiger partial charge in [-0.3, -0.25) is 4.79 Å². The molecule has 0 spiro atoms. The van der Waals surface area contributed by atoms with Gasteiger partial charge in [0.1, 0.15) is 5.75 Å². The Labute approximate surface area is 109 Å². The molecule has 0 aliphatic carbocycles. The first-order valence-corrected chi connectivity index (χ1v) is 6.11. The van der Waals surface area contributed by atoms with Crippen molar-refractivity contribution in [2.24, 2.45) is 5.73 Å². The van der Waals surface area contributed by atoms with E-state index < -0.39 is 5.54 Å². The lowest BCUT2D eigenvalue weighted by Gasteiger charge is -2.18. The van der Waals surface area contributed by atoms with Gasteiger partial charge in [-0.05, 0) is 44.0 Å². The highest BCUT2D eigenvalue weighted by Crippen LogP contribution is 2.23. The van der Waals surface area contributed by atoms with Crippen LogP contribution in [0.1, 0.15) is 32.8 Å². The first kappa shape index (κ1) is 14.5. The zero-order valence-corrected chi connectivity index (χ0v) is 11.5. The summed E-state index contributed by atoms with van der Waals surface area (Å²) in [4.78, 5) is 11.8. The van der Waals surface area contributed by atoms with Gasteiger partial charge in [0.2, 0.25) is 5.91 Å². The topological polar surface area (TPSA) is 64.4 Å². The number of ether oxygens (including phenoxy) is 1. The minimum absolute atomic E-state index is 0.0743. The van der Waals surface area contributed by atoms with Gasteiger partial charge in [-0.2, -0.15) is 0 Å². The summed E-state index contributed by atoms with van der Waals surface area (Å²) in [6.07, 6.45) is 1.15. The Morgan fingerprint density at radius 1 is 1.44 bits per heavy atom. The maximum atomic E-state index is 11.8. The fraction of sp³-hybridized carbons (Fsp3) is 0.500. The molecule has 100 valence electrons. The molecule has 1 rings (SSSR count). The molecule has 0 saturated heterocycles. The third kappa shape index (κ3) is 4.37. The molecule has 18 heavy (non-hydrogen) atoms. The van der Waals surface area contributed by atoms with Crippen LogP contribution in [0.15, 0.2) is 18.2 Å². The summed E-state index contributed by atoms with van der Waals surface area (Å²) in [5.41, 5.74) is 7.17. The highest BCUT2D eigenvalue weighted by Gasteiger charge is 2.16. The third-order valence-electron chi connectivity index (χ3n) is 2.56. The van der Waals surface area contributed by atoms with E-state index in [0.29, 0.717) is 6.42 Å². The lowest BCUT2D eigenvalue weighted by Crippen LogP contribution is -2.36. The second-order valence-electron chi connectivity index (χ2n) is 5.09. The summed E-state index contributed by atoms with van der Waals surface area (Å²) < 4.78 is 5.24. The molecular weight excluding hydrogens is 228 g/mol. The number of anilines is 1. The number of hydrogen-bond acceptors (Lipinski definition) is 3. The Morgan fingerprint density at radius 2 is 2.11 bits per heavy atom. The summed E-state index contributed by atoms with van der Waals surface area (Å²) in [5, 5.41) is 2.85. The van der Waals surface area contributed by atoms with Gasteiger partial charge in [0.15, 0.2) is 0 Å². The second-order valence-corrected chi connectivity index (χ2v) is 5.09. The van der Waals surface area contributed by atoms with Crippen molar-refractivity contribution in [2.45, 2.75) is 39.2 Å². The summed E-state index contributed by atoms with van der Waals surface area (Å²) in [6, 6.07) is 5.63. The van der Waals surface area contributed by atoms with Crippen molar-refractivity contribution in [2.75, 3.05) is 12.4 Å². The van der Waals surface area contributed by atoms with Crippen LogP contribution in [0.25, 0.3) is 0 Å². The lowest BCUT2D eigenvalue weighted by atomic mass is 10.0. The van der Waals surface area contributed by atoms with Crippen molar-refractivity contribution < 1.29 is 9.53 Å². The minimum Gasteiger partial charge on any atom is -0.496 e. The Kier molecular flexibility index (Phi) is 4.73. The molecule has 0 aliphatic heterocycles. The van der Waals surface area contributed by atoms with E-state index in [2.05, 4.69) is 5.32 Å². The summed E-state index contributed by atoms with van der Waals surface area (Å²) in [7, 11) is 1.64. The van der Waals surface area contributed by atoms with Crippen LogP contribution in [0.3, 0.4) is 0 Å². The van der Waals surface area contributed by atoms with E-state index in [1.54, 1.807) is 7.11 Å². The first-order chi connectivity index (χ1) is 8.35. The molecule has 0 heterocycles. The molecule has 3 N–H and O–H groups in total. The van der Waals surface area contributed by atoms with Crippen LogP contribution in [0, 0.1) is 0 Å². The Balaban J connectivity index is 2.76. The van der Waals surface area contributed by atoms with Crippen molar-refractivity contribution in [3.8, 4) is 5.75 Å².